The maximum absolute atomic E-state index is 19.5. The number of carbonyl (C=O) groups is 2. The van der Waals surface area contributed by atoms with E-state index in [4.69, 9.17) is 68.3 Å². The van der Waals surface area contributed by atoms with E-state index in [1.54, 1.807) is 0 Å². The van der Waals surface area contributed by atoms with E-state index < -0.39 is 28.2 Å². The second-order valence-corrected chi connectivity index (χ2v) is 43.3. The molecule has 20 bridgehead atoms. The van der Waals surface area contributed by atoms with E-state index in [0.29, 0.717) is 104 Å². The lowest BCUT2D eigenvalue weighted by atomic mass is 9.68. The van der Waals surface area contributed by atoms with Crippen LogP contribution in [0.15, 0.2) is 182 Å². The first kappa shape index (κ1) is 69.0. The minimum absolute atomic E-state index is 0.279. The molecule has 145 heavy (non-hydrogen) atoms. The summed E-state index contributed by atoms with van der Waals surface area (Å²) in [5, 5.41) is 73.8. The summed E-state index contributed by atoms with van der Waals surface area (Å²) < 4.78 is 43.9. The number of hydrogen-bond acceptors (Lipinski definition) is 22. The molecule has 8 aromatic heterocycles. The first-order chi connectivity index (χ1) is 71.3. The van der Waals surface area contributed by atoms with E-state index in [-0.39, 0.29) is 36.7 Å². The molecule has 0 unspecified atom stereocenters. The summed E-state index contributed by atoms with van der Waals surface area (Å²) in [5.41, 5.74) is 0.111. The number of pyridine rings is 8. The van der Waals surface area contributed by atoms with Crippen LogP contribution in [-0.2, 0) is 43.1 Å². The van der Waals surface area contributed by atoms with Gasteiger partial charge >= 0.3 is 11.9 Å². The van der Waals surface area contributed by atoms with Crippen molar-refractivity contribution in [1.82, 2.24) is 39.9 Å². The van der Waals surface area contributed by atoms with Crippen LogP contribution in [0.5, 0.6) is 46.5 Å². The maximum Gasteiger partial charge on any atom is 0.326 e. The third kappa shape index (κ3) is 6.04. The Kier molecular flexibility index (Phi) is 9.58. The van der Waals surface area contributed by atoms with Crippen LogP contribution in [0.3, 0.4) is 0 Å². The van der Waals surface area contributed by atoms with Gasteiger partial charge in [-0.1, -0.05) is 48.5 Å². The first-order valence-electron chi connectivity index (χ1n) is 49.6. The predicted octanol–water partition coefficient (Wildman–Crippen LogP) is 28.3. The fraction of sp³-hybridized carbons (Fsp3) is 0.0894. The van der Waals surface area contributed by atoms with Gasteiger partial charge in [-0.2, -0.15) is 19.9 Å². The highest BCUT2D eigenvalue weighted by Crippen LogP contribution is 2.97. The summed E-state index contributed by atoms with van der Waals surface area (Å²) >= 11 is 0. The lowest BCUT2D eigenvalue weighted by molar-refractivity contribution is -0.168. The average Bonchev–Trinajstić information content (AvgIpc) is 1.35. The molecule has 1 fully saturated rings. The minimum atomic E-state index is -2.23. The van der Waals surface area contributed by atoms with E-state index in [1.165, 1.54) is 291 Å². The van der Waals surface area contributed by atoms with Crippen molar-refractivity contribution in [3.8, 4) is 46.5 Å². The number of nitrogens with zero attached hydrogens (tertiary/aromatic N) is 14. The molecule has 30 aromatic carbocycles. The molecule has 10 heterocycles. The zero-order chi connectivity index (χ0) is 92.8. The molecule has 2 spiro atoms. The van der Waals surface area contributed by atoms with E-state index in [2.05, 4.69) is 0 Å². The maximum atomic E-state index is 19.5. The van der Waals surface area contributed by atoms with Crippen molar-refractivity contribution in [1.29, 1.82) is 0 Å². The summed E-state index contributed by atoms with van der Waals surface area (Å²) in [6.07, 6.45) is 0. The number of fused-ring (bicyclic) bond motifs is 20. The molecule has 662 valence electrons. The van der Waals surface area contributed by atoms with Crippen molar-refractivity contribution in [3.05, 3.63) is 215 Å². The molecular weight excluding hydrogens is 1800 g/mol. The van der Waals surface area contributed by atoms with E-state index >= 15 is 9.59 Å². The average molecular weight is 1850 g/mol. The molecule has 0 N–H and O–H groups in total. The minimum Gasteiger partial charge on any atom is -0.460 e. The van der Waals surface area contributed by atoms with Gasteiger partial charge in [0.1, 0.15) is 106 Å². The van der Waals surface area contributed by atoms with Crippen molar-refractivity contribution in [3.63, 3.8) is 0 Å². The molecule has 0 amide bonds. The monoisotopic (exact) mass is 1850 g/mol. The topological polar surface area (TPSA) is 212 Å². The Morgan fingerprint density at radius 2 is 0.352 bits per heavy atom. The number of anilines is 12. The van der Waals surface area contributed by atoms with Gasteiger partial charge in [0.25, 0.3) is 0 Å². The molecule has 0 saturated heterocycles. The fourth-order valence-electron chi connectivity index (χ4n) is 34.4. The highest BCUT2D eigenvalue weighted by atomic mass is 16.6. The number of rotatable bonds is 6. The van der Waals surface area contributed by atoms with Crippen LogP contribution in [0.4, 0.5) is 69.8 Å². The third-order valence-electron chi connectivity index (χ3n) is 38.3. The van der Waals surface area contributed by atoms with Gasteiger partial charge in [0.2, 0.25) is 23.5 Å². The molecule has 38 aromatic rings. The Hall–Kier alpha value is -19.0. The van der Waals surface area contributed by atoms with Gasteiger partial charge in [-0.3, -0.25) is 9.59 Å². The molecule has 22 nitrogen and oxygen atoms in total. The molecule has 0 radical (unpaired) electrons. The van der Waals surface area contributed by atoms with Gasteiger partial charge in [-0.25, -0.2) is 19.9 Å². The van der Waals surface area contributed by atoms with Crippen LogP contribution in [-0.4, -0.2) is 94.1 Å². The summed E-state index contributed by atoms with van der Waals surface area (Å²) in [7, 11) is 11.6. The van der Waals surface area contributed by atoms with Crippen molar-refractivity contribution in [2.45, 2.75) is 24.0 Å². The van der Waals surface area contributed by atoms with Crippen LogP contribution in [0.25, 0.3) is 291 Å². The summed E-state index contributed by atoms with van der Waals surface area (Å²) in [4.78, 5) is 91.9. The zero-order valence-corrected chi connectivity index (χ0v) is 76.8. The number of aromatic nitrogens is 8. The number of esters is 2. The van der Waals surface area contributed by atoms with Gasteiger partial charge in [0, 0.05) is 78.7 Å². The Bertz CT molecular complexity index is 11400. The van der Waals surface area contributed by atoms with Crippen LogP contribution in [0.1, 0.15) is 33.4 Å². The molecule has 0 atom stereocenters. The molecule has 1 saturated carbocycles. The molecule has 22 heteroatoms. The van der Waals surface area contributed by atoms with Gasteiger partial charge in [0.05, 0.1) is 10.8 Å². The van der Waals surface area contributed by atoms with Gasteiger partial charge in [-0.15, -0.1) is 0 Å². The molecule has 7 aliphatic rings. The highest BCUT2D eigenvalue weighted by molar-refractivity contribution is 6.83. The van der Waals surface area contributed by atoms with Crippen molar-refractivity contribution >= 4 is 373 Å². The van der Waals surface area contributed by atoms with E-state index in [0.717, 1.165) is 22.3 Å². The van der Waals surface area contributed by atoms with Crippen LogP contribution in [0.2, 0.25) is 0 Å². The first-order valence-corrected chi connectivity index (χ1v) is 49.6. The lowest BCUT2D eigenvalue weighted by Gasteiger charge is -2.32. The van der Waals surface area contributed by atoms with Gasteiger partial charge in [-0.05, 0) is 421 Å². The molecule has 5 aliphatic carbocycles. The Morgan fingerprint density at radius 1 is 0.207 bits per heavy atom. The smallest absolute Gasteiger partial charge is 0.326 e. The fourth-order valence-corrected chi connectivity index (χ4v) is 34.4. The van der Waals surface area contributed by atoms with E-state index in [9.17, 15) is 0 Å². The van der Waals surface area contributed by atoms with E-state index in [1.807, 2.05) is 254 Å². The van der Waals surface area contributed by atoms with Crippen LogP contribution in [0, 0.1) is 5.41 Å². The Morgan fingerprint density at radius 3 is 0.517 bits per heavy atom. The van der Waals surface area contributed by atoms with Gasteiger partial charge < -0.3 is 57.8 Å². The normalized spacial score (nSPS) is 16.6. The summed E-state index contributed by atoms with van der Waals surface area (Å²) in [6.45, 7) is -0.701. The summed E-state index contributed by atoms with van der Waals surface area (Å²) in [6, 6.07) is 57.3. The second kappa shape index (κ2) is 20.1. The predicted molar refractivity (Wildman–Crippen MR) is 571 cm³/mol. The zero-order valence-electron chi connectivity index (χ0n) is 76.8. The standard InChI is InChI=1S/C123H52N14O8/c1-132-45-15-7-19-49(124-45)134(3)53-23-11-27-57(128-53)142-41-31-39(32-42(35-41)143-58-28-12-24-54(129-58)135(4)50-20-8-16-46(132)125-50)37-140-119(138)123(120(139)141-38-40-33-43-36-44(34-40)145-60-30-14-26-56(131-60)137(6)52-22-10-18-48(127-52)133(2)47-17-9-21-51(126-47)136(5)55-25-13-29-59(130-55)144-43)121-115-107-99-89-79-71-63-61-62-65-69-67(63)75-83-77(69)87-81-73(65)74-66(62)70-68-64(61)72(71)80-86-76(68)84-78(70)88-82(74)92-91(81)101-95(87)105-97(83)103(93(99)85(75)79)111(115)113(105)117-109(101)110-102(92)96(88)106-98(84)104-94(86)100(90(80)89)108(107)116(121)112(104)114(106)118(110)122(117,121)123/h7-36H,37-38H2,1-6H3. The molecule has 2 aliphatic heterocycles. The SMILES string of the molecule is CN1c2cccc(n2)Oc2cc(COC(=O)C3(C(=O)OCc4cc5cc(c4)Oc4cccc(n4)N(C)c4cccc(n4)N(C)c4cccc(n4)N(C)c4cccc(n4)O5)C45c6c7c8c9c%10c%11c(c%12c%13c4c4c6c6c%14c7c7c8c8c%10c%10c%15c%11c%11c%12c%12c%13c%13c4c4c6c6c%14c%14c7c7c8c%10c8c%10c%15c%11c%11c%12c%12c%13c4c4c6c6c%14c7c8c7c%10c%11c%12c4c67)C935)cc(c2)Oc2cccc(n2)N(C)c2cccc(n2)N(C)c2cccc1n2. The third-order valence-corrected chi connectivity index (χ3v) is 38.3. The molecule has 45 rings (SSSR count). The lowest BCUT2D eigenvalue weighted by Crippen LogP contribution is -2.38. The number of benzene rings is 20. The number of hydrogen-bond donors (Lipinski definition) is 0. The van der Waals surface area contributed by atoms with Crippen molar-refractivity contribution < 1.29 is 38.0 Å². The Labute approximate surface area is 808 Å². The molecular formula is C123H52N14O8. The second-order valence-electron chi connectivity index (χ2n) is 43.3. The highest BCUT2D eigenvalue weighted by Gasteiger charge is 3.01. The van der Waals surface area contributed by atoms with Crippen LogP contribution >= 0.6 is 0 Å². The van der Waals surface area contributed by atoms with Gasteiger partial charge in [0.15, 0.2) is 5.41 Å². The Balaban J connectivity index is 0.558. The number of carbonyl (C=O) groups excluding carboxylic acids is 2. The largest absolute Gasteiger partial charge is 0.460 e. The van der Waals surface area contributed by atoms with Crippen molar-refractivity contribution in [2.24, 2.45) is 5.41 Å². The summed E-state index contributed by atoms with van der Waals surface area (Å²) in [5.74, 6) is 8.60. The van der Waals surface area contributed by atoms with Crippen molar-refractivity contribution in [2.75, 3.05) is 71.7 Å². The quantitative estimate of drug-likeness (QED) is 0.0860. The van der Waals surface area contributed by atoms with Crippen LogP contribution < -0.4 is 48.3 Å². The number of ether oxygens (including phenoxy) is 6.